The number of nitro groups is 1. The van der Waals surface area contributed by atoms with Crippen molar-refractivity contribution in [1.29, 1.82) is 0 Å². The summed E-state index contributed by atoms with van der Waals surface area (Å²) in [5, 5.41) is 15.6. The summed E-state index contributed by atoms with van der Waals surface area (Å²) >= 11 is 1.17. The van der Waals surface area contributed by atoms with Gasteiger partial charge in [0.05, 0.1) is 21.7 Å². The second kappa shape index (κ2) is 9.51. The Kier molecular flexibility index (Phi) is 6.09. The molecule has 1 aromatic heterocycles. The van der Waals surface area contributed by atoms with Gasteiger partial charge in [-0.15, -0.1) is 11.3 Å². The van der Waals surface area contributed by atoms with Gasteiger partial charge in [-0.3, -0.25) is 29.4 Å². The van der Waals surface area contributed by atoms with Crippen LogP contribution < -0.4 is 5.32 Å². The number of imide groups is 1. The van der Waals surface area contributed by atoms with Crippen LogP contribution in [0.15, 0.2) is 84.2 Å². The maximum atomic E-state index is 13.4. The number of hydrogen-bond acceptors (Lipinski definition) is 7. The van der Waals surface area contributed by atoms with Gasteiger partial charge in [-0.2, -0.15) is 0 Å². The number of nitro benzene ring substituents is 1. The van der Waals surface area contributed by atoms with Crippen molar-refractivity contribution in [2.24, 2.45) is 0 Å². The van der Waals surface area contributed by atoms with Crippen molar-refractivity contribution in [3.05, 3.63) is 111 Å². The molecule has 1 aliphatic heterocycles. The molecule has 9 nitrogen and oxygen atoms in total. The molecule has 178 valence electrons. The van der Waals surface area contributed by atoms with E-state index in [0.29, 0.717) is 11.3 Å². The number of non-ortho nitro benzene ring substituents is 1. The van der Waals surface area contributed by atoms with Gasteiger partial charge in [-0.05, 0) is 29.8 Å². The second-order valence-electron chi connectivity index (χ2n) is 8.06. The summed E-state index contributed by atoms with van der Waals surface area (Å²) in [6.07, 6.45) is 0.138. The van der Waals surface area contributed by atoms with Crippen LogP contribution in [0.3, 0.4) is 0 Å². The number of nitrogens with zero attached hydrogens (tertiary/aromatic N) is 3. The van der Waals surface area contributed by atoms with Crippen molar-refractivity contribution in [2.45, 2.75) is 12.5 Å². The van der Waals surface area contributed by atoms with Crippen LogP contribution in [0.4, 0.5) is 10.8 Å². The number of thiazole rings is 1. The van der Waals surface area contributed by atoms with E-state index in [0.717, 1.165) is 10.5 Å². The number of amides is 3. The van der Waals surface area contributed by atoms with Gasteiger partial charge in [0.25, 0.3) is 17.5 Å². The Morgan fingerprint density at radius 1 is 0.944 bits per heavy atom. The van der Waals surface area contributed by atoms with Crippen LogP contribution >= 0.6 is 11.3 Å². The monoisotopic (exact) mass is 498 g/mol. The molecule has 4 aromatic rings. The van der Waals surface area contributed by atoms with E-state index in [1.54, 1.807) is 41.8 Å². The summed E-state index contributed by atoms with van der Waals surface area (Å²) in [4.78, 5) is 55.5. The third-order valence-corrected chi connectivity index (χ3v) is 6.58. The molecule has 36 heavy (non-hydrogen) atoms. The zero-order chi connectivity index (χ0) is 25.2. The predicted octanol–water partition coefficient (Wildman–Crippen LogP) is 4.56. The Morgan fingerprint density at radius 2 is 1.56 bits per heavy atom. The lowest BCUT2D eigenvalue weighted by Crippen LogP contribution is -2.48. The first-order chi connectivity index (χ1) is 17.4. The number of aromatic nitrogens is 1. The summed E-state index contributed by atoms with van der Waals surface area (Å²) in [5.41, 5.74) is 2.47. The highest BCUT2D eigenvalue weighted by Gasteiger charge is 2.42. The van der Waals surface area contributed by atoms with Crippen molar-refractivity contribution < 1.29 is 19.3 Å². The van der Waals surface area contributed by atoms with Gasteiger partial charge in [0.2, 0.25) is 5.91 Å². The van der Waals surface area contributed by atoms with E-state index in [4.69, 9.17) is 0 Å². The van der Waals surface area contributed by atoms with E-state index in [1.807, 2.05) is 30.3 Å². The Labute approximate surface area is 209 Å². The van der Waals surface area contributed by atoms with Crippen LogP contribution in [0, 0.1) is 10.1 Å². The molecule has 0 aliphatic carbocycles. The first-order valence-electron chi connectivity index (χ1n) is 10.9. The Morgan fingerprint density at radius 3 is 2.17 bits per heavy atom. The van der Waals surface area contributed by atoms with Gasteiger partial charge in [-0.1, -0.05) is 42.5 Å². The molecule has 0 radical (unpaired) electrons. The quantitative estimate of drug-likeness (QED) is 0.226. The van der Waals surface area contributed by atoms with E-state index in [1.165, 1.54) is 23.5 Å². The molecule has 0 fully saturated rings. The lowest BCUT2D eigenvalue weighted by molar-refractivity contribution is -0.384. The normalized spacial score (nSPS) is 13.4. The summed E-state index contributed by atoms with van der Waals surface area (Å²) < 4.78 is 0. The second-order valence-corrected chi connectivity index (χ2v) is 8.92. The molecule has 1 N–H and O–H groups in total. The minimum atomic E-state index is -1.09. The molecule has 1 unspecified atom stereocenters. The Hall–Kier alpha value is -4.70. The summed E-state index contributed by atoms with van der Waals surface area (Å²) in [6.45, 7) is 0. The molecule has 3 aromatic carbocycles. The van der Waals surface area contributed by atoms with E-state index >= 15 is 0 Å². The highest BCUT2D eigenvalue weighted by Crippen LogP contribution is 2.29. The number of fused-ring (bicyclic) bond motifs is 1. The number of anilines is 1. The first-order valence-corrected chi connectivity index (χ1v) is 11.8. The number of carbonyl (C=O) groups is 3. The Balaban J connectivity index is 1.41. The molecule has 1 aliphatic rings. The summed E-state index contributed by atoms with van der Waals surface area (Å²) in [7, 11) is 0. The van der Waals surface area contributed by atoms with E-state index in [-0.39, 0.29) is 28.4 Å². The fourth-order valence-corrected chi connectivity index (χ4v) is 4.76. The maximum absolute atomic E-state index is 13.4. The SMILES string of the molecule is O=C(Nc1nc(-c2ccc([N+](=O)[O-])cc2)cs1)C(Cc1ccccc1)N1C(=O)c2ccccc2C1=O. The van der Waals surface area contributed by atoms with Gasteiger partial charge in [-0.25, -0.2) is 4.98 Å². The first kappa shape index (κ1) is 23.1. The van der Waals surface area contributed by atoms with Gasteiger partial charge in [0, 0.05) is 29.5 Å². The molecule has 2 heterocycles. The van der Waals surface area contributed by atoms with Crippen molar-refractivity contribution >= 4 is 39.9 Å². The zero-order valence-electron chi connectivity index (χ0n) is 18.7. The van der Waals surface area contributed by atoms with Crippen LogP contribution in [0.1, 0.15) is 26.3 Å². The molecular formula is C26H18N4O5S. The lowest BCUT2D eigenvalue weighted by Gasteiger charge is -2.25. The summed E-state index contributed by atoms with van der Waals surface area (Å²) in [5.74, 6) is -1.58. The van der Waals surface area contributed by atoms with Gasteiger partial charge < -0.3 is 5.32 Å². The van der Waals surface area contributed by atoms with Crippen LogP contribution in [-0.4, -0.2) is 38.6 Å². The number of carbonyl (C=O) groups excluding carboxylic acids is 3. The molecule has 3 amide bonds. The van der Waals surface area contributed by atoms with Crippen LogP contribution in [0.25, 0.3) is 11.3 Å². The average molecular weight is 499 g/mol. The van der Waals surface area contributed by atoms with Crippen molar-refractivity contribution in [3.63, 3.8) is 0 Å². The largest absolute Gasteiger partial charge is 0.300 e. The predicted molar refractivity (Wildman–Crippen MR) is 134 cm³/mol. The molecule has 0 saturated heterocycles. The van der Waals surface area contributed by atoms with Crippen molar-refractivity contribution in [2.75, 3.05) is 5.32 Å². The number of rotatable bonds is 7. The van der Waals surface area contributed by atoms with E-state index in [9.17, 15) is 24.5 Å². The van der Waals surface area contributed by atoms with Gasteiger partial charge in [0.15, 0.2) is 5.13 Å². The average Bonchev–Trinajstić information content (AvgIpc) is 3.46. The van der Waals surface area contributed by atoms with Gasteiger partial charge >= 0.3 is 0 Å². The maximum Gasteiger partial charge on any atom is 0.269 e. The fraction of sp³-hybridized carbons (Fsp3) is 0.0769. The lowest BCUT2D eigenvalue weighted by atomic mass is 10.0. The molecular weight excluding hydrogens is 480 g/mol. The van der Waals surface area contributed by atoms with Crippen LogP contribution in [0.2, 0.25) is 0 Å². The van der Waals surface area contributed by atoms with Gasteiger partial charge in [0.1, 0.15) is 6.04 Å². The van der Waals surface area contributed by atoms with Crippen molar-refractivity contribution in [3.8, 4) is 11.3 Å². The topological polar surface area (TPSA) is 123 Å². The molecule has 0 saturated carbocycles. The molecule has 0 spiro atoms. The standard InChI is InChI=1S/C26H18N4O5S/c31-23(28-26-27-21(15-36-26)17-10-12-18(13-11-17)30(34)35)22(14-16-6-2-1-3-7-16)29-24(32)19-8-4-5-9-20(19)25(29)33/h1-13,15,22H,14H2,(H,27,28,31). The third kappa shape index (κ3) is 4.37. The zero-order valence-corrected chi connectivity index (χ0v) is 19.5. The highest BCUT2D eigenvalue weighted by molar-refractivity contribution is 7.14. The number of benzene rings is 3. The van der Waals surface area contributed by atoms with E-state index in [2.05, 4.69) is 10.3 Å². The molecule has 10 heteroatoms. The highest BCUT2D eigenvalue weighted by atomic mass is 32.1. The Bertz CT molecular complexity index is 1450. The minimum absolute atomic E-state index is 0.0350. The smallest absolute Gasteiger partial charge is 0.269 e. The minimum Gasteiger partial charge on any atom is -0.300 e. The summed E-state index contributed by atoms with van der Waals surface area (Å²) in [6, 6.07) is 20.5. The molecule has 5 rings (SSSR count). The van der Waals surface area contributed by atoms with Crippen LogP contribution in [-0.2, 0) is 11.2 Å². The fourth-order valence-electron chi connectivity index (χ4n) is 4.04. The van der Waals surface area contributed by atoms with E-state index < -0.39 is 28.7 Å². The number of nitrogens with one attached hydrogen (secondary N) is 1. The third-order valence-electron chi connectivity index (χ3n) is 5.82. The number of hydrogen-bond donors (Lipinski definition) is 1. The van der Waals surface area contributed by atoms with Crippen LogP contribution in [0.5, 0.6) is 0 Å². The molecule has 1 atom stereocenters. The van der Waals surface area contributed by atoms with Crippen molar-refractivity contribution in [1.82, 2.24) is 9.88 Å². The molecule has 0 bridgehead atoms.